The molecule has 2 heterocycles. The Bertz CT molecular complexity index is 622. The summed E-state index contributed by atoms with van der Waals surface area (Å²) in [6.07, 6.45) is 0. The third kappa shape index (κ3) is 2.96. The Morgan fingerprint density at radius 3 is 2.86 bits per heavy atom. The molecule has 1 aromatic heterocycles. The highest BCUT2D eigenvalue weighted by Crippen LogP contribution is 2.25. The minimum Gasteiger partial charge on any atom is -0.334 e. The number of hydrogen-bond acceptors (Lipinski definition) is 5. The van der Waals surface area contributed by atoms with Gasteiger partial charge in [0.25, 0.3) is 5.89 Å². The van der Waals surface area contributed by atoms with Gasteiger partial charge in [-0.25, -0.2) is 4.39 Å². The lowest BCUT2D eigenvalue weighted by molar-refractivity contribution is 0.176. The van der Waals surface area contributed by atoms with Gasteiger partial charge in [0.15, 0.2) is 5.82 Å². The molecule has 5 nitrogen and oxygen atoms in total. The summed E-state index contributed by atoms with van der Waals surface area (Å²) in [5.74, 6) is 0.727. The molecule has 0 aliphatic carbocycles. The van der Waals surface area contributed by atoms with Crippen LogP contribution in [0.5, 0.6) is 0 Å². The molecule has 1 unspecified atom stereocenters. The van der Waals surface area contributed by atoms with Crippen LogP contribution in [0.1, 0.15) is 24.4 Å². The van der Waals surface area contributed by atoms with Crippen LogP contribution in [0.3, 0.4) is 0 Å². The van der Waals surface area contributed by atoms with Crippen LogP contribution < -0.4 is 5.32 Å². The molecule has 3 rings (SSSR count). The molecule has 1 aliphatic rings. The molecule has 6 heteroatoms. The fraction of sp³-hybridized carbons (Fsp3) is 0.467. The third-order valence-corrected chi connectivity index (χ3v) is 3.94. The van der Waals surface area contributed by atoms with E-state index in [2.05, 4.69) is 27.3 Å². The van der Waals surface area contributed by atoms with Gasteiger partial charge in [-0.3, -0.25) is 4.90 Å². The first kappa shape index (κ1) is 14.2. The molecule has 0 bridgehead atoms. The van der Waals surface area contributed by atoms with Crippen LogP contribution >= 0.6 is 0 Å². The van der Waals surface area contributed by atoms with Crippen molar-refractivity contribution in [2.75, 3.05) is 26.2 Å². The number of nitrogens with zero attached hydrogens (tertiary/aromatic N) is 3. The summed E-state index contributed by atoms with van der Waals surface area (Å²) in [6, 6.07) is 4.68. The maximum Gasteiger partial charge on any atom is 0.258 e. The first-order chi connectivity index (χ1) is 10.1. The summed E-state index contributed by atoms with van der Waals surface area (Å²) in [7, 11) is 0. The Hall–Kier alpha value is -1.79. The van der Waals surface area contributed by atoms with Gasteiger partial charge in [-0.2, -0.15) is 4.98 Å². The van der Waals surface area contributed by atoms with E-state index in [9.17, 15) is 4.39 Å². The Balaban J connectivity index is 1.84. The van der Waals surface area contributed by atoms with Gasteiger partial charge in [0.1, 0.15) is 5.82 Å². The molecule has 1 saturated heterocycles. The van der Waals surface area contributed by atoms with Crippen molar-refractivity contribution in [1.29, 1.82) is 0 Å². The summed E-state index contributed by atoms with van der Waals surface area (Å²) < 4.78 is 18.7. The number of halogens is 1. The zero-order chi connectivity index (χ0) is 14.8. The molecule has 1 aliphatic heterocycles. The summed E-state index contributed by atoms with van der Waals surface area (Å²) in [6.45, 7) is 7.83. The molecule has 1 aromatic carbocycles. The van der Waals surface area contributed by atoms with Crippen molar-refractivity contribution in [2.45, 2.75) is 19.9 Å². The number of benzene rings is 1. The largest absolute Gasteiger partial charge is 0.334 e. The van der Waals surface area contributed by atoms with Crippen LogP contribution in [0.25, 0.3) is 11.5 Å². The Labute approximate surface area is 123 Å². The van der Waals surface area contributed by atoms with E-state index in [1.54, 1.807) is 6.07 Å². The van der Waals surface area contributed by atoms with Crippen molar-refractivity contribution in [2.24, 2.45) is 0 Å². The number of hydrogen-bond donors (Lipinski definition) is 1. The second-order valence-corrected chi connectivity index (χ2v) is 5.38. The minimum absolute atomic E-state index is 0.0958. The molecular weight excluding hydrogens is 271 g/mol. The molecule has 1 atom stereocenters. The van der Waals surface area contributed by atoms with Crippen molar-refractivity contribution in [3.63, 3.8) is 0 Å². The zero-order valence-electron chi connectivity index (χ0n) is 12.3. The molecule has 112 valence electrons. The average molecular weight is 290 g/mol. The third-order valence-electron chi connectivity index (χ3n) is 3.94. The lowest BCUT2D eigenvalue weighted by Crippen LogP contribution is -2.44. The van der Waals surface area contributed by atoms with Crippen molar-refractivity contribution in [1.82, 2.24) is 20.4 Å². The molecule has 0 spiro atoms. The molecular formula is C15H19FN4O. The van der Waals surface area contributed by atoms with Crippen LogP contribution in [0.15, 0.2) is 22.7 Å². The van der Waals surface area contributed by atoms with E-state index in [4.69, 9.17) is 4.52 Å². The Morgan fingerprint density at radius 1 is 1.33 bits per heavy atom. The van der Waals surface area contributed by atoms with Crippen LogP contribution in [-0.2, 0) is 0 Å². The Kier molecular flexibility index (Phi) is 3.98. The summed E-state index contributed by atoms with van der Waals surface area (Å²) in [5.41, 5.74) is 1.57. The van der Waals surface area contributed by atoms with E-state index in [1.165, 1.54) is 12.1 Å². The van der Waals surface area contributed by atoms with Gasteiger partial charge in [0.2, 0.25) is 0 Å². The zero-order valence-corrected chi connectivity index (χ0v) is 12.3. The molecule has 1 fully saturated rings. The number of aryl methyl sites for hydroxylation is 1. The maximum atomic E-state index is 13.4. The SMILES string of the molecule is Cc1ccc(F)cc1-c1nc(C(C)N2CCNCC2)no1. The van der Waals surface area contributed by atoms with Crippen molar-refractivity contribution in [3.8, 4) is 11.5 Å². The normalized spacial score (nSPS) is 17.9. The molecule has 0 radical (unpaired) electrons. The highest BCUT2D eigenvalue weighted by atomic mass is 19.1. The molecule has 2 aromatic rings. The fourth-order valence-corrected chi connectivity index (χ4v) is 2.57. The van der Waals surface area contributed by atoms with Crippen molar-refractivity contribution >= 4 is 0 Å². The van der Waals surface area contributed by atoms with Gasteiger partial charge in [-0.15, -0.1) is 0 Å². The predicted octanol–water partition coefficient (Wildman–Crippen LogP) is 2.15. The van der Waals surface area contributed by atoms with E-state index in [1.807, 2.05) is 6.92 Å². The number of piperazine rings is 1. The Morgan fingerprint density at radius 2 is 2.10 bits per heavy atom. The van der Waals surface area contributed by atoms with Crippen molar-refractivity contribution in [3.05, 3.63) is 35.4 Å². The topological polar surface area (TPSA) is 54.2 Å². The van der Waals surface area contributed by atoms with Crippen LogP contribution in [0.4, 0.5) is 4.39 Å². The summed E-state index contributed by atoms with van der Waals surface area (Å²) in [4.78, 5) is 6.76. The fourth-order valence-electron chi connectivity index (χ4n) is 2.57. The minimum atomic E-state index is -0.300. The molecule has 21 heavy (non-hydrogen) atoms. The number of aromatic nitrogens is 2. The lowest BCUT2D eigenvalue weighted by Gasteiger charge is -2.30. The number of rotatable bonds is 3. The first-order valence-electron chi connectivity index (χ1n) is 7.20. The highest BCUT2D eigenvalue weighted by molar-refractivity contribution is 5.58. The molecule has 0 amide bonds. The molecule has 0 saturated carbocycles. The van der Waals surface area contributed by atoms with Crippen LogP contribution in [0.2, 0.25) is 0 Å². The average Bonchev–Trinajstić information content (AvgIpc) is 2.99. The monoisotopic (exact) mass is 290 g/mol. The second kappa shape index (κ2) is 5.91. The van der Waals surface area contributed by atoms with Gasteiger partial charge in [-0.1, -0.05) is 11.2 Å². The van der Waals surface area contributed by atoms with Crippen molar-refractivity contribution < 1.29 is 8.91 Å². The maximum absolute atomic E-state index is 13.4. The standard InChI is InChI=1S/C15H19FN4O/c1-10-3-4-12(16)9-13(10)15-18-14(19-21-15)11(2)20-7-5-17-6-8-20/h3-4,9,11,17H,5-8H2,1-2H3. The summed E-state index contributed by atoms with van der Waals surface area (Å²) >= 11 is 0. The molecule has 1 N–H and O–H groups in total. The quantitative estimate of drug-likeness (QED) is 0.938. The van der Waals surface area contributed by atoms with Gasteiger partial charge in [0.05, 0.1) is 6.04 Å². The summed E-state index contributed by atoms with van der Waals surface area (Å²) in [5, 5.41) is 7.39. The van der Waals surface area contributed by atoms with E-state index < -0.39 is 0 Å². The van der Waals surface area contributed by atoms with E-state index >= 15 is 0 Å². The van der Waals surface area contributed by atoms with Crippen LogP contribution in [-0.4, -0.2) is 41.2 Å². The van der Waals surface area contributed by atoms with E-state index in [0.29, 0.717) is 17.3 Å². The van der Waals surface area contributed by atoms with Gasteiger partial charge in [-0.05, 0) is 31.5 Å². The predicted molar refractivity (Wildman–Crippen MR) is 77.3 cm³/mol. The van der Waals surface area contributed by atoms with Gasteiger partial charge in [0, 0.05) is 31.7 Å². The highest BCUT2D eigenvalue weighted by Gasteiger charge is 2.23. The number of nitrogens with one attached hydrogen (secondary N) is 1. The first-order valence-corrected chi connectivity index (χ1v) is 7.20. The van der Waals surface area contributed by atoms with E-state index in [0.717, 1.165) is 31.7 Å². The second-order valence-electron chi connectivity index (χ2n) is 5.38. The lowest BCUT2D eigenvalue weighted by atomic mass is 10.1. The van der Waals surface area contributed by atoms with Crippen LogP contribution in [0, 0.1) is 12.7 Å². The van der Waals surface area contributed by atoms with Gasteiger partial charge >= 0.3 is 0 Å². The smallest absolute Gasteiger partial charge is 0.258 e. The van der Waals surface area contributed by atoms with Gasteiger partial charge < -0.3 is 9.84 Å². The van der Waals surface area contributed by atoms with E-state index in [-0.39, 0.29) is 11.9 Å².